The lowest BCUT2D eigenvalue weighted by Gasteiger charge is -1.90. The molecule has 2 nitrogen and oxygen atoms in total. The second-order valence-corrected chi connectivity index (χ2v) is 2.22. The third-order valence-electron chi connectivity index (χ3n) is 1.29. The molecule has 0 unspecified atom stereocenters. The van der Waals surface area contributed by atoms with E-state index < -0.39 is 5.97 Å². The first-order chi connectivity index (χ1) is 5.68. The maximum atomic E-state index is 12.3. The molecule has 70 valence electrons. The topological polar surface area (TPSA) is 37.3 Å². The predicted molar refractivity (Wildman–Crippen MR) is 50.3 cm³/mol. The summed E-state index contributed by atoms with van der Waals surface area (Å²) >= 11 is 0. The van der Waals surface area contributed by atoms with Gasteiger partial charge in [-0.05, 0) is 23.8 Å². The van der Waals surface area contributed by atoms with Crippen LogP contribution in [-0.4, -0.2) is 11.1 Å². The summed E-state index contributed by atoms with van der Waals surface area (Å²) < 4.78 is 12.3. The van der Waals surface area contributed by atoms with E-state index in [2.05, 4.69) is 0 Å². The zero-order valence-corrected chi connectivity index (χ0v) is 7.42. The van der Waals surface area contributed by atoms with Gasteiger partial charge >= 0.3 is 5.97 Å². The first kappa shape index (κ1) is 11.6. The fourth-order valence-electron chi connectivity index (χ4n) is 0.741. The van der Waals surface area contributed by atoms with Gasteiger partial charge in [0.15, 0.2) is 0 Å². The highest BCUT2D eigenvalue weighted by Gasteiger charge is 1.90. The fourth-order valence-corrected chi connectivity index (χ4v) is 0.741. The lowest BCUT2D eigenvalue weighted by molar-refractivity contribution is -0.131. The van der Waals surface area contributed by atoms with Crippen LogP contribution in [-0.2, 0) is 4.79 Å². The van der Waals surface area contributed by atoms with Crippen molar-refractivity contribution in [3.05, 3.63) is 41.7 Å². The molecule has 0 spiro atoms. The van der Waals surface area contributed by atoms with Crippen molar-refractivity contribution in [3.63, 3.8) is 0 Å². The van der Waals surface area contributed by atoms with Gasteiger partial charge in [0.2, 0.25) is 0 Å². The lowest BCUT2D eigenvalue weighted by Crippen LogP contribution is -1.85. The van der Waals surface area contributed by atoms with Crippen LogP contribution in [0.15, 0.2) is 30.3 Å². The van der Waals surface area contributed by atoms with E-state index in [0.717, 1.165) is 6.08 Å². The Morgan fingerprint density at radius 1 is 1.31 bits per heavy atom. The molecule has 0 saturated heterocycles. The minimum absolute atomic E-state index is 0. The second kappa shape index (κ2) is 5.32. The molecule has 0 atom stereocenters. The van der Waals surface area contributed by atoms with E-state index in [4.69, 9.17) is 5.11 Å². The molecule has 0 saturated carbocycles. The average Bonchev–Trinajstić information content (AvgIpc) is 2.03. The lowest BCUT2D eigenvalue weighted by atomic mass is 10.2. The van der Waals surface area contributed by atoms with Gasteiger partial charge in [-0.1, -0.05) is 12.1 Å². The van der Waals surface area contributed by atoms with E-state index in [1.165, 1.54) is 30.3 Å². The summed E-state index contributed by atoms with van der Waals surface area (Å²) in [5.74, 6) is -1.35. The van der Waals surface area contributed by atoms with Crippen LogP contribution in [0.5, 0.6) is 0 Å². The van der Waals surface area contributed by atoms with Crippen LogP contribution in [0.3, 0.4) is 0 Å². The van der Waals surface area contributed by atoms with Crippen molar-refractivity contribution in [2.75, 3.05) is 0 Å². The number of benzene rings is 1. The second-order valence-electron chi connectivity index (χ2n) is 2.22. The predicted octanol–water partition coefficient (Wildman–Crippen LogP) is 2.35. The van der Waals surface area contributed by atoms with E-state index >= 15 is 0 Å². The SMILES string of the molecule is Cl.O=C(O)/C=C/c1ccc(F)cc1. The molecule has 1 aromatic carbocycles. The minimum atomic E-state index is -1.01. The van der Waals surface area contributed by atoms with Gasteiger partial charge in [-0.3, -0.25) is 0 Å². The Balaban J connectivity index is 0.00000144. The van der Waals surface area contributed by atoms with Gasteiger partial charge < -0.3 is 5.11 Å². The highest BCUT2D eigenvalue weighted by Crippen LogP contribution is 2.03. The number of carboxylic acids is 1. The van der Waals surface area contributed by atoms with Gasteiger partial charge in [0, 0.05) is 6.08 Å². The van der Waals surface area contributed by atoms with Gasteiger partial charge in [-0.25, -0.2) is 9.18 Å². The number of carboxylic acid groups (broad SMARTS) is 1. The van der Waals surface area contributed by atoms with Gasteiger partial charge in [-0.15, -0.1) is 12.4 Å². The van der Waals surface area contributed by atoms with Crippen molar-refractivity contribution >= 4 is 24.5 Å². The number of halogens is 2. The molecule has 1 N–H and O–H groups in total. The molecule has 1 aromatic rings. The quantitative estimate of drug-likeness (QED) is 0.748. The van der Waals surface area contributed by atoms with Crippen LogP contribution in [0.1, 0.15) is 5.56 Å². The molecule has 1 rings (SSSR count). The molecule has 4 heteroatoms. The smallest absolute Gasteiger partial charge is 0.328 e. The Bertz CT molecular complexity index is 306. The zero-order chi connectivity index (χ0) is 8.97. The number of hydrogen-bond donors (Lipinski definition) is 1. The van der Waals surface area contributed by atoms with E-state index in [-0.39, 0.29) is 18.2 Å². The maximum Gasteiger partial charge on any atom is 0.328 e. The largest absolute Gasteiger partial charge is 0.478 e. The Morgan fingerprint density at radius 3 is 2.31 bits per heavy atom. The minimum Gasteiger partial charge on any atom is -0.478 e. The highest BCUT2D eigenvalue weighted by atomic mass is 35.5. The molecular formula is C9H8ClFO2. The monoisotopic (exact) mass is 202 g/mol. The van der Waals surface area contributed by atoms with E-state index in [9.17, 15) is 9.18 Å². The normalized spacial score (nSPS) is 9.62. The van der Waals surface area contributed by atoms with Crippen LogP contribution >= 0.6 is 12.4 Å². The first-order valence-electron chi connectivity index (χ1n) is 3.35. The third-order valence-corrected chi connectivity index (χ3v) is 1.29. The summed E-state index contributed by atoms with van der Waals surface area (Å²) in [7, 11) is 0. The van der Waals surface area contributed by atoms with E-state index in [1.807, 2.05) is 0 Å². The number of carbonyl (C=O) groups is 1. The summed E-state index contributed by atoms with van der Waals surface area (Å²) in [5.41, 5.74) is 0.666. The fraction of sp³-hybridized carbons (Fsp3) is 0. The summed E-state index contributed by atoms with van der Waals surface area (Å²) in [6.45, 7) is 0. The highest BCUT2D eigenvalue weighted by molar-refractivity contribution is 5.85. The molecule has 0 fully saturated rings. The van der Waals surface area contributed by atoms with Crippen molar-refractivity contribution in [2.24, 2.45) is 0 Å². The van der Waals surface area contributed by atoms with Crippen molar-refractivity contribution in [3.8, 4) is 0 Å². The van der Waals surface area contributed by atoms with Crippen molar-refractivity contribution in [1.82, 2.24) is 0 Å². The van der Waals surface area contributed by atoms with Crippen LogP contribution in [0.4, 0.5) is 4.39 Å². The molecular weight excluding hydrogens is 195 g/mol. The zero-order valence-electron chi connectivity index (χ0n) is 6.61. The van der Waals surface area contributed by atoms with E-state index in [0.29, 0.717) is 5.56 Å². The number of hydrogen-bond acceptors (Lipinski definition) is 1. The van der Waals surface area contributed by atoms with Crippen molar-refractivity contribution in [2.45, 2.75) is 0 Å². The number of rotatable bonds is 2. The summed E-state index contributed by atoms with van der Waals surface area (Å²) in [4.78, 5) is 10.1. The molecule has 0 amide bonds. The van der Waals surface area contributed by atoms with Gasteiger partial charge in [-0.2, -0.15) is 0 Å². The maximum absolute atomic E-state index is 12.3. The average molecular weight is 203 g/mol. The molecule has 0 aliphatic carbocycles. The van der Waals surface area contributed by atoms with Crippen molar-refractivity contribution < 1.29 is 14.3 Å². The Labute approximate surface area is 81.1 Å². The first-order valence-corrected chi connectivity index (χ1v) is 3.35. The van der Waals surface area contributed by atoms with Crippen molar-refractivity contribution in [1.29, 1.82) is 0 Å². The molecule has 0 heterocycles. The summed E-state index contributed by atoms with van der Waals surface area (Å²) in [6.07, 6.45) is 2.41. The van der Waals surface area contributed by atoms with Gasteiger partial charge in [0.1, 0.15) is 5.82 Å². The molecule has 13 heavy (non-hydrogen) atoms. The number of aliphatic carboxylic acids is 1. The standard InChI is InChI=1S/C9H7FO2.ClH/c10-8-4-1-7(2-5-8)3-6-9(11)12;/h1-6H,(H,11,12);1H/b6-3+;. The molecule has 0 aliphatic rings. The molecule has 0 aromatic heterocycles. The third kappa shape index (κ3) is 4.28. The summed E-state index contributed by atoms with van der Waals surface area (Å²) in [6, 6.07) is 5.58. The Morgan fingerprint density at radius 2 is 1.85 bits per heavy atom. The van der Waals surface area contributed by atoms with Crippen LogP contribution in [0.2, 0.25) is 0 Å². The molecule has 0 bridgehead atoms. The Hall–Kier alpha value is -1.35. The van der Waals surface area contributed by atoms with Gasteiger partial charge in [0.25, 0.3) is 0 Å². The van der Waals surface area contributed by atoms with Crippen LogP contribution < -0.4 is 0 Å². The van der Waals surface area contributed by atoms with Crippen LogP contribution in [0.25, 0.3) is 6.08 Å². The Kier molecular flexibility index (Phi) is 4.77. The van der Waals surface area contributed by atoms with Gasteiger partial charge in [0.05, 0.1) is 0 Å². The van der Waals surface area contributed by atoms with Crippen LogP contribution in [0, 0.1) is 5.82 Å². The summed E-state index contributed by atoms with van der Waals surface area (Å²) in [5, 5.41) is 8.27. The molecule has 0 aliphatic heterocycles. The van der Waals surface area contributed by atoms with E-state index in [1.54, 1.807) is 0 Å². The molecule has 0 radical (unpaired) electrons.